The van der Waals surface area contributed by atoms with E-state index in [4.69, 9.17) is 4.74 Å². The van der Waals surface area contributed by atoms with Crippen LogP contribution in [0.2, 0.25) is 0 Å². The lowest BCUT2D eigenvalue weighted by atomic mass is 10.1. The van der Waals surface area contributed by atoms with Crippen LogP contribution in [0.1, 0.15) is 18.4 Å². The van der Waals surface area contributed by atoms with Crippen molar-refractivity contribution in [2.45, 2.75) is 30.7 Å². The third-order valence-corrected chi connectivity index (χ3v) is 7.14. The van der Waals surface area contributed by atoms with E-state index in [1.807, 2.05) is 0 Å². The number of sulfonamides is 1. The highest BCUT2D eigenvalue weighted by Crippen LogP contribution is 2.23. The number of hydrogen-bond donors (Lipinski definition) is 1. The number of amides is 1. The first-order valence-corrected chi connectivity index (χ1v) is 11.8. The maximum absolute atomic E-state index is 12.7. The molecule has 146 valence electrons. The Morgan fingerprint density at radius 3 is 2.38 bits per heavy atom. The number of carbonyl (C=O) groups is 1. The Morgan fingerprint density at radius 1 is 1.19 bits per heavy atom. The fourth-order valence-corrected chi connectivity index (χ4v) is 4.80. The van der Waals surface area contributed by atoms with Gasteiger partial charge in [0.15, 0.2) is 9.84 Å². The van der Waals surface area contributed by atoms with E-state index in [1.54, 1.807) is 31.2 Å². The van der Waals surface area contributed by atoms with Crippen LogP contribution in [0.4, 0.5) is 4.79 Å². The normalized spacial score (nSPS) is 17.0. The zero-order chi connectivity index (χ0) is 19.4. The van der Waals surface area contributed by atoms with Gasteiger partial charge in [0.1, 0.15) is 6.61 Å². The van der Waals surface area contributed by atoms with Crippen LogP contribution >= 0.6 is 0 Å². The van der Waals surface area contributed by atoms with E-state index < -0.39 is 26.0 Å². The molecule has 0 bridgehead atoms. The molecular weight excluding hydrogens is 380 g/mol. The summed E-state index contributed by atoms with van der Waals surface area (Å²) in [5, 5.41) is 2.65. The van der Waals surface area contributed by atoms with Crippen molar-refractivity contribution in [2.75, 3.05) is 31.7 Å². The topological polar surface area (TPSA) is 110 Å². The number of benzene rings is 1. The molecule has 1 aromatic carbocycles. The van der Waals surface area contributed by atoms with Crippen LogP contribution in [0.25, 0.3) is 0 Å². The van der Waals surface area contributed by atoms with Crippen LogP contribution < -0.4 is 5.32 Å². The number of aryl methyl sites for hydroxylation is 1. The van der Waals surface area contributed by atoms with Gasteiger partial charge in [0, 0.05) is 25.4 Å². The van der Waals surface area contributed by atoms with E-state index in [2.05, 4.69) is 5.32 Å². The second-order valence-corrected chi connectivity index (χ2v) is 10.5. The molecule has 0 spiro atoms. The van der Waals surface area contributed by atoms with E-state index in [0.29, 0.717) is 36.4 Å². The van der Waals surface area contributed by atoms with Crippen LogP contribution in [0.15, 0.2) is 29.2 Å². The van der Waals surface area contributed by atoms with Crippen molar-refractivity contribution in [2.24, 2.45) is 0 Å². The quantitative estimate of drug-likeness (QED) is 0.755. The summed E-state index contributed by atoms with van der Waals surface area (Å²) in [5.74, 6) is -0.229. The lowest BCUT2D eigenvalue weighted by Crippen LogP contribution is -2.46. The summed E-state index contributed by atoms with van der Waals surface area (Å²) in [6.45, 7) is 2.15. The molecule has 0 aromatic heterocycles. The van der Waals surface area contributed by atoms with Crippen LogP contribution in [0.3, 0.4) is 0 Å². The number of sulfone groups is 1. The number of alkyl carbamates (subject to hydrolysis) is 1. The average molecular weight is 405 g/mol. The van der Waals surface area contributed by atoms with Crippen molar-refractivity contribution in [3.05, 3.63) is 29.8 Å². The number of nitrogens with zero attached hydrogens (tertiary/aromatic N) is 1. The third kappa shape index (κ3) is 5.68. The Bertz CT molecular complexity index is 843. The molecule has 1 heterocycles. The minimum absolute atomic E-state index is 0.203. The van der Waals surface area contributed by atoms with Crippen molar-refractivity contribution in [3.63, 3.8) is 0 Å². The predicted octanol–water partition coefficient (Wildman–Crippen LogP) is 0.919. The first-order chi connectivity index (χ1) is 12.1. The van der Waals surface area contributed by atoms with Gasteiger partial charge in [-0.25, -0.2) is 21.6 Å². The molecular formula is C16H24N2O6S2. The van der Waals surface area contributed by atoms with E-state index in [1.165, 1.54) is 4.31 Å². The Morgan fingerprint density at radius 2 is 1.81 bits per heavy atom. The first-order valence-electron chi connectivity index (χ1n) is 8.26. The lowest BCUT2D eigenvalue weighted by molar-refractivity contribution is 0.144. The van der Waals surface area contributed by atoms with E-state index in [-0.39, 0.29) is 18.4 Å². The van der Waals surface area contributed by atoms with E-state index >= 15 is 0 Å². The van der Waals surface area contributed by atoms with Gasteiger partial charge in [-0.2, -0.15) is 4.31 Å². The van der Waals surface area contributed by atoms with Gasteiger partial charge >= 0.3 is 6.09 Å². The number of ether oxygens (including phenoxy) is 1. The number of rotatable bonds is 6. The molecule has 1 aliphatic rings. The van der Waals surface area contributed by atoms with Crippen molar-refractivity contribution in [1.29, 1.82) is 0 Å². The predicted molar refractivity (Wildman–Crippen MR) is 97.2 cm³/mol. The Hall–Kier alpha value is -1.65. The molecule has 1 saturated heterocycles. The van der Waals surface area contributed by atoms with Gasteiger partial charge < -0.3 is 10.1 Å². The molecule has 0 radical (unpaired) electrons. The molecule has 1 amide bonds. The Kier molecular flexibility index (Phi) is 6.64. The van der Waals surface area contributed by atoms with Crippen LogP contribution in [0, 0.1) is 6.92 Å². The second-order valence-electron chi connectivity index (χ2n) is 6.35. The number of nitrogens with one attached hydrogen (secondary N) is 1. The van der Waals surface area contributed by atoms with E-state index in [0.717, 1.165) is 6.26 Å². The Balaban J connectivity index is 1.85. The zero-order valence-electron chi connectivity index (χ0n) is 14.8. The second kappa shape index (κ2) is 8.36. The SMILES string of the molecule is Cc1ccccc1S(=O)(=O)N1CCC(NC(=O)OCCS(C)(=O)=O)CC1. The maximum atomic E-state index is 12.7. The molecule has 0 aliphatic carbocycles. The van der Waals surface area contributed by atoms with Gasteiger partial charge in [-0.1, -0.05) is 18.2 Å². The molecule has 26 heavy (non-hydrogen) atoms. The summed E-state index contributed by atoms with van der Waals surface area (Å²) in [6.07, 6.45) is 1.31. The smallest absolute Gasteiger partial charge is 0.407 e. The largest absolute Gasteiger partial charge is 0.448 e. The molecule has 0 unspecified atom stereocenters. The first kappa shape index (κ1) is 20.7. The minimum Gasteiger partial charge on any atom is -0.448 e. The fraction of sp³-hybridized carbons (Fsp3) is 0.562. The lowest BCUT2D eigenvalue weighted by Gasteiger charge is -2.31. The third-order valence-electron chi connectivity index (χ3n) is 4.17. The maximum Gasteiger partial charge on any atom is 0.407 e. The summed E-state index contributed by atoms with van der Waals surface area (Å²) >= 11 is 0. The fourth-order valence-electron chi connectivity index (χ4n) is 2.72. The molecule has 2 rings (SSSR count). The van der Waals surface area contributed by atoms with Gasteiger partial charge in [-0.15, -0.1) is 0 Å². The highest BCUT2D eigenvalue weighted by Gasteiger charge is 2.30. The molecule has 1 aliphatic heterocycles. The average Bonchev–Trinajstić information content (AvgIpc) is 2.54. The van der Waals surface area contributed by atoms with Gasteiger partial charge in [0.2, 0.25) is 10.0 Å². The zero-order valence-corrected chi connectivity index (χ0v) is 16.5. The summed E-state index contributed by atoms with van der Waals surface area (Å²) in [5.41, 5.74) is 0.696. The summed E-state index contributed by atoms with van der Waals surface area (Å²) in [6, 6.07) is 6.63. The van der Waals surface area contributed by atoms with Gasteiger partial charge in [0.05, 0.1) is 10.6 Å². The highest BCUT2D eigenvalue weighted by molar-refractivity contribution is 7.90. The van der Waals surface area contributed by atoms with Gasteiger partial charge in [-0.05, 0) is 31.4 Å². The molecule has 8 nitrogen and oxygen atoms in total. The van der Waals surface area contributed by atoms with E-state index in [9.17, 15) is 21.6 Å². The molecule has 0 saturated carbocycles. The van der Waals surface area contributed by atoms with Crippen LogP contribution in [0.5, 0.6) is 0 Å². The molecule has 1 N–H and O–H groups in total. The summed E-state index contributed by atoms with van der Waals surface area (Å²) in [4.78, 5) is 12.0. The van der Waals surface area contributed by atoms with Gasteiger partial charge in [0.25, 0.3) is 0 Å². The summed E-state index contributed by atoms with van der Waals surface area (Å²) in [7, 11) is -6.74. The minimum atomic E-state index is -3.55. The molecule has 10 heteroatoms. The number of hydrogen-bond acceptors (Lipinski definition) is 6. The van der Waals surface area contributed by atoms with Crippen molar-refractivity contribution < 1.29 is 26.4 Å². The highest BCUT2D eigenvalue weighted by atomic mass is 32.2. The van der Waals surface area contributed by atoms with Crippen molar-refractivity contribution in [3.8, 4) is 0 Å². The summed E-state index contributed by atoms with van der Waals surface area (Å²) < 4.78 is 53.7. The Labute approximate surface area is 154 Å². The molecule has 1 fully saturated rings. The number of piperidine rings is 1. The van der Waals surface area contributed by atoms with Crippen molar-refractivity contribution in [1.82, 2.24) is 9.62 Å². The standard InChI is InChI=1S/C16H24N2O6S2/c1-13-5-3-4-6-15(13)26(22,23)18-9-7-14(8-10-18)17-16(19)24-11-12-25(2,20)21/h3-6,14H,7-12H2,1-2H3,(H,17,19). The molecule has 1 aromatic rings. The number of carbonyl (C=O) groups excluding carboxylic acids is 1. The van der Waals surface area contributed by atoms with Gasteiger partial charge in [-0.3, -0.25) is 0 Å². The van der Waals surface area contributed by atoms with Crippen LogP contribution in [-0.2, 0) is 24.6 Å². The van der Waals surface area contributed by atoms with Crippen molar-refractivity contribution >= 4 is 26.0 Å². The monoisotopic (exact) mass is 404 g/mol. The van der Waals surface area contributed by atoms with Crippen LogP contribution in [-0.4, -0.2) is 65.0 Å². The molecule has 0 atom stereocenters.